The molecule has 140 valence electrons. The third-order valence-corrected chi connectivity index (χ3v) is 5.01. The molecule has 1 N–H and O–H groups in total. The zero-order chi connectivity index (χ0) is 18.6. The molecular weight excluding hydrogens is 340 g/mol. The summed E-state index contributed by atoms with van der Waals surface area (Å²) in [5.74, 6) is 1.69. The number of carbonyl (C=O) groups excluding carboxylic acids is 1. The predicted molar refractivity (Wildman–Crippen MR) is 105 cm³/mol. The van der Waals surface area contributed by atoms with E-state index in [1.54, 1.807) is 12.4 Å². The van der Waals surface area contributed by atoms with Crippen LogP contribution in [0.4, 0.5) is 5.82 Å². The number of hydrogen-bond acceptors (Lipinski definition) is 5. The Bertz CT molecular complexity index is 945. The number of fused-ring (bicyclic) bond motifs is 1. The van der Waals surface area contributed by atoms with Crippen LogP contribution in [0.15, 0.2) is 36.7 Å². The van der Waals surface area contributed by atoms with Gasteiger partial charge in [0.1, 0.15) is 17.3 Å². The summed E-state index contributed by atoms with van der Waals surface area (Å²) in [5, 5.41) is 3.27. The van der Waals surface area contributed by atoms with E-state index in [1.165, 1.54) is 0 Å². The second-order valence-electron chi connectivity index (χ2n) is 6.89. The minimum Gasteiger partial charge on any atom is -0.369 e. The Balaban J connectivity index is 1.33. The first-order valence-electron chi connectivity index (χ1n) is 9.48. The molecule has 1 amide bonds. The highest BCUT2D eigenvalue weighted by Gasteiger charge is 2.21. The fourth-order valence-corrected chi connectivity index (χ4v) is 3.52. The van der Waals surface area contributed by atoms with Gasteiger partial charge in [0.25, 0.3) is 5.91 Å². The highest BCUT2D eigenvalue weighted by molar-refractivity contribution is 5.92. The van der Waals surface area contributed by atoms with Crippen molar-refractivity contribution in [3.8, 4) is 0 Å². The number of aromatic nitrogens is 4. The number of para-hydroxylation sites is 2. The van der Waals surface area contributed by atoms with Gasteiger partial charge < -0.3 is 14.8 Å². The first kappa shape index (κ1) is 17.5. The number of nitrogens with one attached hydrogen (secondary N) is 1. The number of rotatable bonds is 6. The SMILES string of the molecule is Cn1c(CCCNc2cncc(C(=O)N3CCCC3)n2)nc2ccccc21. The highest BCUT2D eigenvalue weighted by atomic mass is 16.2. The van der Waals surface area contributed by atoms with Crippen LogP contribution < -0.4 is 5.32 Å². The lowest BCUT2D eigenvalue weighted by Gasteiger charge is -2.14. The van der Waals surface area contributed by atoms with Crippen LogP contribution in [0.5, 0.6) is 0 Å². The minimum absolute atomic E-state index is 0.0247. The van der Waals surface area contributed by atoms with Crippen molar-refractivity contribution in [3.05, 3.63) is 48.2 Å². The van der Waals surface area contributed by atoms with Crippen LogP contribution in [-0.4, -0.2) is 50.0 Å². The molecule has 1 fully saturated rings. The summed E-state index contributed by atoms with van der Waals surface area (Å²) in [6, 6.07) is 8.16. The summed E-state index contributed by atoms with van der Waals surface area (Å²) in [7, 11) is 2.05. The fourth-order valence-electron chi connectivity index (χ4n) is 3.52. The lowest BCUT2D eigenvalue weighted by Crippen LogP contribution is -2.28. The second-order valence-corrected chi connectivity index (χ2v) is 6.89. The number of hydrogen-bond donors (Lipinski definition) is 1. The Labute approximate surface area is 158 Å². The topological polar surface area (TPSA) is 75.9 Å². The van der Waals surface area contributed by atoms with Gasteiger partial charge in [-0.2, -0.15) is 0 Å². The number of likely N-dealkylation sites (tertiary alicyclic amines) is 1. The van der Waals surface area contributed by atoms with Gasteiger partial charge in [-0.3, -0.25) is 9.78 Å². The van der Waals surface area contributed by atoms with Crippen molar-refractivity contribution in [1.82, 2.24) is 24.4 Å². The summed E-state index contributed by atoms with van der Waals surface area (Å²) in [6.07, 6.45) is 7.14. The van der Waals surface area contributed by atoms with Gasteiger partial charge in [0.05, 0.1) is 23.4 Å². The molecule has 0 unspecified atom stereocenters. The second kappa shape index (κ2) is 7.73. The fraction of sp³-hybridized carbons (Fsp3) is 0.400. The van der Waals surface area contributed by atoms with Crippen LogP contribution in [-0.2, 0) is 13.5 Å². The summed E-state index contributed by atoms with van der Waals surface area (Å²) >= 11 is 0. The summed E-state index contributed by atoms with van der Waals surface area (Å²) in [6.45, 7) is 2.38. The minimum atomic E-state index is -0.0247. The maximum absolute atomic E-state index is 12.4. The molecule has 7 heteroatoms. The van der Waals surface area contributed by atoms with Crippen LogP contribution in [0.2, 0.25) is 0 Å². The molecule has 1 aliphatic heterocycles. The molecule has 0 bridgehead atoms. The first-order chi connectivity index (χ1) is 13.2. The third kappa shape index (κ3) is 3.77. The molecule has 0 radical (unpaired) electrons. The number of nitrogens with zero attached hydrogens (tertiary/aromatic N) is 5. The Morgan fingerprint density at radius 1 is 1.15 bits per heavy atom. The zero-order valence-electron chi connectivity index (χ0n) is 15.6. The Kier molecular flexibility index (Phi) is 5.00. The lowest BCUT2D eigenvalue weighted by molar-refractivity contribution is 0.0786. The molecule has 1 aliphatic rings. The normalized spacial score (nSPS) is 14.0. The van der Waals surface area contributed by atoms with E-state index in [9.17, 15) is 4.79 Å². The van der Waals surface area contributed by atoms with Crippen LogP contribution in [0.3, 0.4) is 0 Å². The van der Waals surface area contributed by atoms with E-state index in [0.29, 0.717) is 11.5 Å². The van der Waals surface area contributed by atoms with Crippen molar-refractivity contribution < 1.29 is 4.79 Å². The van der Waals surface area contributed by atoms with Crippen LogP contribution >= 0.6 is 0 Å². The molecule has 0 spiro atoms. The molecule has 1 aromatic carbocycles. The zero-order valence-corrected chi connectivity index (χ0v) is 15.6. The molecule has 3 heterocycles. The highest BCUT2D eigenvalue weighted by Crippen LogP contribution is 2.15. The van der Waals surface area contributed by atoms with Gasteiger partial charge in [0.2, 0.25) is 0 Å². The van der Waals surface area contributed by atoms with Crippen LogP contribution in [0, 0.1) is 0 Å². The number of aryl methyl sites for hydroxylation is 2. The maximum Gasteiger partial charge on any atom is 0.274 e. The standard InChI is InChI=1S/C20H24N6O/c1-25-17-8-3-2-7-15(17)24-19(25)9-6-10-22-18-14-21-13-16(23-18)20(27)26-11-4-5-12-26/h2-3,7-8,13-14H,4-6,9-12H2,1H3,(H,22,23). The van der Waals surface area contributed by atoms with Crippen LogP contribution in [0.1, 0.15) is 35.6 Å². The van der Waals surface area contributed by atoms with E-state index < -0.39 is 0 Å². The molecule has 0 atom stereocenters. The molecule has 4 rings (SSSR count). The van der Waals surface area contributed by atoms with E-state index in [2.05, 4.69) is 33.0 Å². The van der Waals surface area contributed by atoms with Crippen molar-refractivity contribution >= 4 is 22.8 Å². The summed E-state index contributed by atoms with van der Waals surface area (Å²) < 4.78 is 2.14. The Morgan fingerprint density at radius 3 is 2.78 bits per heavy atom. The van der Waals surface area contributed by atoms with E-state index >= 15 is 0 Å². The van der Waals surface area contributed by atoms with Crippen molar-refractivity contribution in [2.75, 3.05) is 25.0 Å². The Hall–Kier alpha value is -2.96. The third-order valence-electron chi connectivity index (χ3n) is 5.01. The van der Waals surface area contributed by atoms with Gasteiger partial charge in [-0.25, -0.2) is 9.97 Å². The van der Waals surface area contributed by atoms with Gasteiger partial charge in [0, 0.05) is 33.1 Å². The van der Waals surface area contributed by atoms with E-state index in [-0.39, 0.29) is 5.91 Å². The maximum atomic E-state index is 12.4. The summed E-state index contributed by atoms with van der Waals surface area (Å²) in [4.78, 5) is 27.6. The quantitative estimate of drug-likeness (QED) is 0.681. The molecule has 1 saturated heterocycles. The predicted octanol–water partition coefficient (Wildman–Crippen LogP) is 2.64. The molecule has 0 saturated carbocycles. The molecular formula is C20H24N6O. The van der Waals surface area contributed by atoms with E-state index in [0.717, 1.165) is 62.2 Å². The largest absolute Gasteiger partial charge is 0.369 e. The monoisotopic (exact) mass is 364 g/mol. The van der Waals surface area contributed by atoms with E-state index in [4.69, 9.17) is 4.98 Å². The Morgan fingerprint density at radius 2 is 1.96 bits per heavy atom. The van der Waals surface area contributed by atoms with Gasteiger partial charge >= 0.3 is 0 Å². The number of anilines is 1. The van der Waals surface area contributed by atoms with Gasteiger partial charge in [-0.1, -0.05) is 12.1 Å². The average Bonchev–Trinajstić information content (AvgIpc) is 3.34. The number of carbonyl (C=O) groups is 1. The number of imidazole rings is 1. The lowest BCUT2D eigenvalue weighted by atomic mass is 10.3. The van der Waals surface area contributed by atoms with Crippen molar-refractivity contribution in [1.29, 1.82) is 0 Å². The molecule has 0 aliphatic carbocycles. The van der Waals surface area contributed by atoms with Gasteiger partial charge in [0.15, 0.2) is 0 Å². The van der Waals surface area contributed by atoms with Gasteiger partial charge in [-0.15, -0.1) is 0 Å². The summed E-state index contributed by atoms with van der Waals surface area (Å²) in [5.41, 5.74) is 2.60. The molecule has 27 heavy (non-hydrogen) atoms. The van der Waals surface area contributed by atoms with Crippen LogP contribution in [0.25, 0.3) is 11.0 Å². The molecule has 3 aromatic rings. The number of amides is 1. The van der Waals surface area contributed by atoms with Crippen molar-refractivity contribution in [2.45, 2.75) is 25.7 Å². The van der Waals surface area contributed by atoms with Crippen molar-refractivity contribution in [2.24, 2.45) is 7.05 Å². The average molecular weight is 364 g/mol. The first-order valence-corrected chi connectivity index (χ1v) is 9.48. The number of benzene rings is 1. The van der Waals surface area contributed by atoms with Gasteiger partial charge in [-0.05, 0) is 31.4 Å². The molecule has 7 nitrogen and oxygen atoms in total. The van der Waals surface area contributed by atoms with E-state index in [1.807, 2.05) is 23.1 Å². The molecule has 2 aromatic heterocycles. The van der Waals surface area contributed by atoms with Crippen molar-refractivity contribution in [3.63, 3.8) is 0 Å². The smallest absolute Gasteiger partial charge is 0.274 e.